The summed E-state index contributed by atoms with van der Waals surface area (Å²) in [7, 11) is 0. The van der Waals surface area contributed by atoms with Gasteiger partial charge in [-0.05, 0) is 18.2 Å². The molecule has 0 fully saturated rings. The standard InChI is InChI=1S/C8H3F2N2O/c9-6-2-1-5(3-7(6)10)8-11-4-13-12-8/h1-3H. The molecule has 13 heavy (non-hydrogen) atoms. The number of rotatable bonds is 1. The van der Waals surface area contributed by atoms with E-state index in [4.69, 9.17) is 0 Å². The first-order chi connectivity index (χ1) is 6.27. The maximum Gasteiger partial charge on any atom is 0.316 e. The van der Waals surface area contributed by atoms with Gasteiger partial charge in [0.2, 0.25) is 5.82 Å². The fourth-order valence-corrected chi connectivity index (χ4v) is 0.900. The highest BCUT2D eigenvalue weighted by atomic mass is 19.2. The fraction of sp³-hybridized carbons (Fsp3) is 0. The van der Waals surface area contributed by atoms with Crippen LogP contribution in [0.15, 0.2) is 22.7 Å². The van der Waals surface area contributed by atoms with Gasteiger partial charge >= 0.3 is 6.39 Å². The van der Waals surface area contributed by atoms with Crippen molar-refractivity contribution >= 4 is 0 Å². The lowest BCUT2D eigenvalue weighted by Gasteiger charge is -1.94. The normalized spacial score (nSPS) is 10.3. The minimum atomic E-state index is -0.942. The van der Waals surface area contributed by atoms with Crippen molar-refractivity contribution in [2.24, 2.45) is 0 Å². The molecular weight excluding hydrogens is 178 g/mol. The molecule has 2 aromatic rings. The lowest BCUT2D eigenvalue weighted by atomic mass is 10.2. The summed E-state index contributed by atoms with van der Waals surface area (Å²) < 4.78 is 29.5. The summed E-state index contributed by atoms with van der Waals surface area (Å²) in [6.07, 6.45) is 2.11. The Balaban J connectivity index is 2.49. The minimum absolute atomic E-state index is 0.180. The number of aromatic nitrogens is 2. The predicted octanol–water partition coefficient (Wildman–Crippen LogP) is 1.81. The van der Waals surface area contributed by atoms with Crippen LogP contribution in [0.5, 0.6) is 0 Å². The van der Waals surface area contributed by atoms with E-state index in [1.807, 2.05) is 0 Å². The van der Waals surface area contributed by atoms with Gasteiger partial charge < -0.3 is 4.52 Å². The fourth-order valence-electron chi connectivity index (χ4n) is 0.900. The number of benzene rings is 1. The Labute approximate surface area is 72.0 Å². The van der Waals surface area contributed by atoms with Crippen LogP contribution in [0, 0.1) is 18.0 Å². The average molecular weight is 181 g/mol. The largest absolute Gasteiger partial charge is 0.328 e. The summed E-state index contributed by atoms with van der Waals surface area (Å²) in [5.74, 6) is -1.67. The summed E-state index contributed by atoms with van der Waals surface area (Å²) in [5.41, 5.74) is 0.351. The van der Waals surface area contributed by atoms with Crippen LogP contribution < -0.4 is 0 Å². The second-order valence-corrected chi connectivity index (χ2v) is 2.34. The number of nitrogens with zero attached hydrogens (tertiary/aromatic N) is 2. The highest BCUT2D eigenvalue weighted by Crippen LogP contribution is 2.16. The van der Waals surface area contributed by atoms with Gasteiger partial charge in [-0.15, -0.1) is 0 Å². The predicted molar refractivity (Wildman–Crippen MR) is 38.5 cm³/mol. The number of halogens is 2. The van der Waals surface area contributed by atoms with Crippen molar-refractivity contribution in [3.05, 3.63) is 36.2 Å². The van der Waals surface area contributed by atoms with Gasteiger partial charge in [-0.2, -0.15) is 4.98 Å². The van der Waals surface area contributed by atoms with Crippen molar-refractivity contribution in [2.45, 2.75) is 0 Å². The molecule has 0 saturated carbocycles. The average Bonchev–Trinajstić information content (AvgIpc) is 2.62. The molecule has 5 heteroatoms. The number of hydrogen-bond donors (Lipinski definition) is 0. The third-order valence-electron chi connectivity index (χ3n) is 1.50. The Morgan fingerprint density at radius 3 is 2.69 bits per heavy atom. The summed E-state index contributed by atoms with van der Waals surface area (Å²) in [4.78, 5) is 3.57. The molecule has 65 valence electrons. The zero-order valence-electron chi connectivity index (χ0n) is 6.29. The zero-order valence-corrected chi connectivity index (χ0v) is 6.29. The maximum absolute atomic E-state index is 12.7. The van der Waals surface area contributed by atoms with Crippen LogP contribution in [0.4, 0.5) is 8.78 Å². The molecule has 0 N–H and O–H groups in total. The van der Waals surface area contributed by atoms with Gasteiger partial charge in [-0.25, -0.2) is 8.78 Å². The summed E-state index contributed by atoms with van der Waals surface area (Å²) >= 11 is 0. The van der Waals surface area contributed by atoms with Crippen molar-refractivity contribution in [1.82, 2.24) is 10.1 Å². The Hall–Kier alpha value is -1.78. The molecule has 0 aliphatic heterocycles. The molecule has 0 spiro atoms. The van der Waals surface area contributed by atoms with Crippen LogP contribution in [0.2, 0.25) is 0 Å². The molecular formula is C8H3F2N2O. The molecule has 1 aromatic carbocycles. The third-order valence-corrected chi connectivity index (χ3v) is 1.50. The van der Waals surface area contributed by atoms with Crippen molar-refractivity contribution in [1.29, 1.82) is 0 Å². The highest BCUT2D eigenvalue weighted by molar-refractivity contribution is 5.53. The van der Waals surface area contributed by atoms with Crippen LogP contribution in [0.25, 0.3) is 11.4 Å². The monoisotopic (exact) mass is 181 g/mol. The lowest BCUT2D eigenvalue weighted by molar-refractivity contribution is 0.411. The smallest absolute Gasteiger partial charge is 0.316 e. The van der Waals surface area contributed by atoms with Gasteiger partial charge in [0.1, 0.15) is 0 Å². The van der Waals surface area contributed by atoms with E-state index >= 15 is 0 Å². The van der Waals surface area contributed by atoms with Gasteiger partial charge in [0.05, 0.1) is 0 Å². The molecule has 0 saturated heterocycles. The molecule has 0 amide bonds. The second-order valence-electron chi connectivity index (χ2n) is 2.34. The Kier molecular flexibility index (Phi) is 1.77. The Morgan fingerprint density at radius 2 is 2.08 bits per heavy atom. The van der Waals surface area contributed by atoms with Crippen molar-refractivity contribution in [2.75, 3.05) is 0 Å². The summed E-state index contributed by atoms with van der Waals surface area (Å²) in [6, 6.07) is 3.35. The molecule has 0 aliphatic carbocycles. The highest BCUT2D eigenvalue weighted by Gasteiger charge is 2.07. The van der Waals surface area contributed by atoms with E-state index in [9.17, 15) is 8.78 Å². The van der Waals surface area contributed by atoms with Gasteiger partial charge in [0, 0.05) is 5.56 Å². The maximum atomic E-state index is 12.7. The van der Waals surface area contributed by atoms with E-state index in [1.54, 1.807) is 0 Å². The van der Waals surface area contributed by atoms with Gasteiger partial charge in [-0.1, -0.05) is 5.16 Å². The van der Waals surface area contributed by atoms with Gasteiger partial charge in [0.15, 0.2) is 11.6 Å². The summed E-state index contributed by atoms with van der Waals surface area (Å²) in [5, 5.41) is 3.43. The van der Waals surface area contributed by atoms with Crippen molar-refractivity contribution in [3.63, 3.8) is 0 Å². The molecule has 1 aromatic heterocycles. The molecule has 0 unspecified atom stereocenters. The van der Waals surface area contributed by atoms with E-state index in [1.165, 1.54) is 6.07 Å². The molecule has 3 nitrogen and oxygen atoms in total. The van der Waals surface area contributed by atoms with Crippen molar-refractivity contribution in [3.8, 4) is 11.4 Å². The van der Waals surface area contributed by atoms with E-state index in [0.717, 1.165) is 12.1 Å². The molecule has 0 bridgehead atoms. The first-order valence-corrected chi connectivity index (χ1v) is 3.42. The lowest BCUT2D eigenvalue weighted by Crippen LogP contribution is -1.86. The second kappa shape index (κ2) is 2.93. The van der Waals surface area contributed by atoms with Crippen LogP contribution >= 0.6 is 0 Å². The van der Waals surface area contributed by atoms with Crippen LogP contribution in [0.3, 0.4) is 0 Å². The molecule has 0 aliphatic rings. The minimum Gasteiger partial charge on any atom is -0.328 e. The topological polar surface area (TPSA) is 38.9 Å². The van der Waals surface area contributed by atoms with E-state index in [-0.39, 0.29) is 5.82 Å². The van der Waals surface area contributed by atoms with Crippen LogP contribution in [0.1, 0.15) is 0 Å². The molecule has 1 heterocycles. The first-order valence-electron chi connectivity index (χ1n) is 3.42. The van der Waals surface area contributed by atoms with Crippen molar-refractivity contribution < 1.29 is 13.3 Å². The SMILES string of the molecule is Fc1ccc(-c2n[c]on2)cc1F. The van der Waals surface area contributed by atoms with Gasteiger partial charge in [0.25, 0.3) is 0 Å². The first kappa shape index (κ1) is 7.85. The molecule has 2 rings (SSSR count). The Morgan fingerprint density at radius 1 is 1.23 bits per heavy atom. The van der Waals surface area contributed by atoms with E-state index in [0.29, 0.717) is 5.56 Å². The molecule has 1 radical (unpaired) electrons. The Bertz CT molecular complexity index is 414. The molecule has 0 atom stereocenters. The van der Waals surface area contributed by atoms with E-state index < -0.39 is 11.6 Å². The van der Waals surface area contributed by atoms with E-state index in [2.05, 4.69) is 21.1 Å². The van der Waals surface area contributed by atoms with Crippen LogP contribution in [-0.2, 0) is 0 Å². The summed E-state index contributed by atoms with van der Waals surface area (Å²) in [6.45, 7) is 0. The third kappa shape index (κ3) is 1.40. The zero-order chi connectivity index (χ0) is 9.26. The quantitative estimate of drug-likeness (QED) is 0.673. The number of hydrogen-bond acceptors (Lipinski definition) is 3. The van der Waals surface area contributed by atoms with Crippen LogP contribution in [-0.4, -0.2) is 10.1 Å². The van der Waals surface area contributed by atoms with Gasteiger partial charge in [-0.3, -0.25) is 0 Å².